The first-order valence-corrected chi connectivity index (χ1v) is 5.07. The van der Waals surface area contributed by atoms with Crippen molar-refractivity contribution in [2.45, 2.75) is 13.3 Å². The van der Waals surface area contributed by atoms with Gasteiger partial charge in [-0.3, -0.25) is 4.79 Å². The number of hydrogen-bond donors (Lipinski definition) is 1. The maximum Gasteiger partial charge on any atom is 0.194 e. The van der Waals surface area contributed by atoms with Crippen molar-refractivity contribution in [3.63, 3.8) is 0 Å². The lowest BCUT2D eigenvalue weighted by molar-refractivity contribution is 0.103. The van der Waals surface area contributed by atoms with Gasteiger partial charge in [-0.2, -0.15) is 0 Å². The van der Waals surface area contributed by atoms with Crippen LogP contribution in [0.5, 0.6) is 0 Å². The summed E-state index contributed by atoms with van der Waals surface area (Å²) >= 11 is 0. The van der Waals surface area contributed by atoms with E-state index in [1.54, 1.807) is 18.5 Å². The first-order valence-electron chi connectivity index (χ1n) is 5.07. The predicted molar refractivity (Wildman–Crippen MR) is 60.0 cm³/mol. The zero-order chi connectivity index (χ0) is 10.7. The van der Waals surface area contributed by atoms with Crippen molar-refractivity contribution >= 4 is 5.78 Å². The number of aromatic nitrogens is 1. The van der Waals surface area contributed by atoms with Gasteiger partial charge in [0.1, 0.15) is 0 Å². The van der Waals surface area contributed by atoms with E-state index in [4.69, 9.17) is 0 Å². The molecule has 0 bridgehead atoms. The number of carbonyl (C=O) groups excluding carboxylic acids is 1. The van der Waals surface area contributed by atoms with Crippen LogP contribution in [0.25, 0.3) is 0 Å². The van der Waals surface area contributed by atoms with Gasteiger partial charge >= 0.3 is 0 Å². The van der Waals surface area contributed by atoms with E-state index < -0.39 is 0 Å². The van der Waals surface area contributed by atoms with Crippen LogP contribution in [0.15, 0.2) is 42.7 Å². The first kappa shape index (κ1) is 9.71. The summed E-state index contributed by atoms with van der Waals surface area (Å²) in [6.07, 6.45) is 4.47. The predicted octanol–water partition coefficient (Wildman–Crippen LogP) is 2.81. The number of nitrogens with one attached hydrogen (secondary N) is 1. The Morgan fingerprint density at radius 1 is 1.13 bits per heavy atom. The van der Waals surface area contributed by atoms with Crippen molar-refractivity contribution in [2.75, 3.05) is 0 Å². The van der Waals surface area contributed by atoms with Crippen LogP contribution in [-0.4, -0.2) is 10.8 Å². The van der Waals surface area contributed by atoms with Crippen LogP contribution in [0.4, 0.5) is 0 Å². The van der Waals surface area contributed by atoms with Gasteiger partial charge < -0.3 is 4.98 Å². The highest BCUT2D eigenvalue weighted by Crippen LogP contribution is 2.10. The summed E-state index contributed by atoms with van der Waals surface area (Å²) in [6.45, 7) is 2.10. The quantitative estimate of drug-likeness (QED) is 0.757. The van der Waals surface area contributed by atoms with Gasteiger partial charge in [0, 0.05) is 23.5 Å². The van der Waals surface area contributed by atoms with Crippen LogP contribution in [-0.2, 0) is 6.42 Å². The van der Waals surface area contributed by atoms with Crippen molar-refractivity contribution in [3.05, 3.63) is 59.4 Å². The molecule has 2 heteroatoms. The Morgan fingerprint density at radius 2 is 1.87 bits per heavy atom. The fourth-order valence-corrected chi connectivity index (χ4v) is 1.52. The fraction of sp³-hybridized carbons (Fsp3) is 0.154. The average Bonchev–Trinajstić information content (AvgIpc) is 2.82. The largest absolute Gasteiger partial charge is 0.367 e. The van der Waals surface area contributed by atoms with Crippen molar-refractivity contribution in [2.24, 2.45) is 0 Å². The highest BCUT2D eigenvalue weighted by molar-refractivity contribution is 6.08. The minimum atomic E-state index is 0.0684. The molecule has 1 heterocycles. The van der Waals surface area contributed by atoms with Gasteiger partial charge in [-0.15, -0.1) is 0 Å². The molecule has 0 aliphatic heterocycles. The minimum absolute atomic E-state index is 0.0684. The Morgan fingerprint density at radius 3 is 2.40 bits per heavy atom. The first-order chi connectivity index (χ1) is 7.31. The van der Waals surface area contributed by atoms with E-state index in [0.717, 1.165) is 12.0 Å². The van der Waals surface area contributed by atoms with Crippen molar-refractivity contribution in [1.29, 1.82) is 0 Å². The normalized spacial score (nSPS) is 10.2. The maximum atomic E-state index is 11.9. The van der Waals surface area contributed by atoms with E-state index in [-0.39, 0.29) is 5.78 Å². The third-order valence-electron chi connectivity index (χ3n) is 2.48. The third kappa shape index (κ3) is 1.99. The van der Waals surface area contributed by atoms with Crippen LogP contribution >= 0.6 is 0 Å². The number of H-pyrrole nitrogens is 1. The smallest absolute Gasteiger partial charge is 0.194 e. The summed E-state index contributed by atoms with van der Waals surface area (Å²) < 4.78 is 0. The van der Waals surface area contributed by atoms with E-state index in [1.807, 2.05) is 24.3 Å². The Labute approximate surface area is 89.0 Å². The molecule has 0 saturated carbocycles. The molecule has 2 nitrogen and oxygen atoms in total. The summed E-state index contributed by atoms with van der Waals surface area (Å²) in [4.78, 5) is 14.8. The third-order valence-corrected chi connectivity index (χ3v) is 2.48. The number of hydrogen-bond acceptors (Lipinski definition) is 1. The van der Waals surface area contributed by atoms with Gasteiger partial charge in [-0.1, -0.05) is 31.2 Å². The van der Waals surface area contributed by atoms with Gasteiger partial charge in [-0.25, -0.2) is 0 Å². The maximum absolute atomic E-state index is 11.9. The molecular weight excluding hydrogens is 186 g/mol. The SMILES string of the molecule is CCc1ccc(C(=O)c2cc[nH]c2)cc1. The fourth-order valence-electron chi connectivity index (χ4n) is 1.52. The van der Waals surface area contributed by atoms with Crippen LogP contribution in [0.1, 0.15) is 28.4 Å². The molecule has 0 unspecified atom stereocenters. The molecule has 0 amide bonds. The minimum Gasteiger partial charge on any atom is -0.367 e. The second-order valence-electron chi connectivity index (χ2n) is 3.48. The molecule has 1 aromatic carbocycles. The van der Waals surface area contributed by atoms with E-state index >= 15 is 0 Å². The van der Waals surface area contributed by atoms with Crippen LogP contribution in [0, 0.1) is 0 Å². The topological polar surface area (TPSA) is 32.9 Å². The Balaban J connectivity index is 2.27. The van der Waals surface area contributed by atoms with E-state index in [2.05, 4.69) is 11.9 Å². The highest BCUT2D eigenvalue weighted by atomic mass is 16.1. The van der Waals surface area contributed by atoms with E-state index in [1.165, 1.54) is 5.56 Å². The zero-order valence-electron chi connectivity index (χ0n) is 8.66. The second-order valence-corrected chi connectivity index (χ2v) is 3.48. The lowest BCUT2D eigenvalue weighted by atomic mass is 10.0. The number of carbonyl (C=O) groups is 1. The lowest BCUT2D eigenvalue weighted by Crippen LogP contribution is -1.99. The molecular formula is C13H13NO. The van der Waals surface area contributed by atoms with Crippen LogP contribution < -0.4 is 0 Å². The van der Waals surface area contributed by atoms with Crippen LogP contribution in [0.2, 0.25) is 0 Å². The van der Waals surface area contributed by atoms with Gasteiger partial charge in [0.2, 0.25) is 0 Å². The summed E-state index contributed by atoms with van der Waals surface area (Å²) in [7, 11) is 0. The molecule has 0 fully saturated rings. The molecule has 2 aromatic rings. The molecule has 0 radical (unpaired) electrons. The van der Waals surface area contributed by atoms with Gasteiger partial charge in [0.15, 0.2) is 5.78 Å². The molecule has 0 aliphatic rings. The molecule has 0 atom stereocenters. The summed E-state index contributed by atoms with van der Waals surface area (Å²) in [6, 6.07) is 9.55. The number of aryl methyl sites for hydroxylation is 1. The second kappa shape index (κ2) is 4.13. The summed E-state index contributed by atoms with van der Waals surface area (Å²) in [5.74, 6) is 0.0684. The number of ketones is 1. The summed E-state index contributed by atoms with van der Waals surface area (Å²) in [5.41, 5.74) is 2.70. The number of aromatic amines is 1. The molecule has 0 saturated heterocycles. The number of benzene rings is 1. The zero-order valence-corrected chi connectivity index (χ0v) is 8.66. The Kier molecular flexibility index (Phi) is 2.68. The molecule has 0 spiro atoms. The lowest BCUT2D eigenvalue weighted by Gasteiger charge is -2.00. The Bertz CT molecular complexity index is 440. The molecule has 1 aromatic heterocycles. The molecule has 0 aliphatic carbocycles. The van der Waals surface area contributed by atoms with Crippen molar-refractivity contribution in [1.82, 2.24) is 4.98 Å². The van der Waals surface area contributed by atoms with Crippen molar-refractivity contribution < 1.29 is 4.79 Å². The number of rotatable bonds is 3. The van der Waals surface area contributed by atoms with Gasteiger partial charge in [-0.05, 0) is 18.1 Å². The van der Waals surface area contributed by atoms with Crippen molar-refractivity contribution in [3.8, 4) is 0 Å². The average molecular weight is 199 g/mol. The molecule has 2 rings (SSSR count). The van der Waals surface area contributed by atoms with E-state index in [0.29, 0.717) is 5.56 Å². The Hall–Kier alpha value is -1.83. The van der Waals surface area contributed by atoms with Gasteiger partial charge in [0.25, 0.3) is 0 Å². The monoisotopic (exact) mass is 199 g/mol. The highest BCUT2D eigenvalue weighted by Gasteiger charge is 2.08. The van der Waals surface area contributed by atoms with E-state index in [9.17, 15) is 4.79 Å². The molecule has 76 valence electrons. The van der Waals surface area contributed by atoms with Gasteiger partial charge in [0.05, 0.1) is 0 Å². The van der Waals surface area contributed by atoms with Crippen LogP contribution in [0.3, 0.4) is 0 Å². The standard InChI is InChI=1S/C13H13NO/c1-2-10-3-5-11(6-4-10)13(15)12-7-8-14-9-12/h3-9,14H,2H2,1H3. The molecule has 15 heavy (non-hydrogen) atoms. The summed E-state index contributed by atoms with van der Waals surface area (Å²) in [5, 5.41) is 0. The molecule has 1 N–H and O–H groups in total.